The summed E-state index contributed by atoms with van der Waals surface area (Å²) in [7, 11) is 1.32. The van der Waals surface area contributed by atoms with E-state index >= 15 is 0 Å². The molecular weight excluding hydrogens is 676 g/mol. The van der Waals surface area contributed by atoms with Crippen molar-refractivity contribution in [1.82, 2.24) is 19.7 Å². The molecule has 0 bridgehead atoms. The van der Waals surface area contributed by atoms with Crippen LogP contribution in [0, 0.1) is 0 Å². The quantitative estimate of drug-likeness (QED) is 0.105. The number of thiazole rings is 1. The molecule has 47 heavy (non-hydrogen) atoms. The summed E-state index contributed by atoms with van der Waals surface area (Å²) in [5, 5.41) is 15.7. The summed E-state index contributed by atoms with van der Waals surface area (Å²) in [6, 6.07) is 29.1. The molecule has 0 radical (unpaired) electrons. The average Bonchev–Trinajstić information content (AvgIpc) is 3.71. The summed E-state index contributed by atoms with van der Waals surface area (Å²) >= 11 is 10.5. The topological polar surface area (TPSA) is 128 Å². The number of ether oxygens (including phenoxy) is 1. The Kier molecular flexibility index (Phi) is 10.2. The van der Waals surface area contributed by atoms with E-state index in [0.717, 1.165) is 25.8 Å². The van der Waals surface area contributed by atoms with Crippen LogP contribution in [0.15, 0.2) is 107 Å². The zero-order valence-electron chi connectivity index (χ0n) is 24.7. The fourth-order valence-electron chi connectivity index (χ4n) is 4.49. The van der Waals surface area contributed by atoms with Gasteiger partial charge in [-0.3, -0.25) is 14.2 Å². The second kappa shape index (κ2) is 14.8. The predicted molar refractivity (Wildman–Crippen MR) is 188 cm³/mol. The van der Waals surface area contributed by atoms with Gasteiger partial charge in [-0.2, -0.15) is 0 Å². The second-order valence-electron chi connectivity index (χ2n) is 9.86. The van der Waals surface area contributed by atoms with Gasteiger partial charge in [0.1, 0.15) is 0 Å². The zero-order chi connectivity index (χ0) is 32.8. The Balaban J connectivity index is 1.07. The third-order valence-corrected chi connectivity index (χ3v) is 10.1. The molecular formula is C33H25ClN6O4S3. The Hall–Kier alpha value is -4.69. The molecule has 6 rings (SSSR count). The normalized spacial score (nSPS) is 10.9. The van der Waals surface area contributed by atoms with Crippen molar-refractivity contribution in [3.8, 4) is 17.1 Å². The molecule has 0 unspecified atom stereocenters. The predicted octanol–water partition coefficient (Wildman–Crippen LogP) is 7.45. The van der Waals surface area contributed by atoms with Crippen molar-refractivity contribution in [3.05, 3.63) is 108 Å². The van der Waals surface area contributed by atoms with Crippen LogP contribution >= 0.6 is 46.5 Å². The molecule has 0 spiro atoms. The Morgan fingerprint density at radius 3 is 2.26 bits per heavy atom. The number of halogens is 1. The first-order valence-electron chi connectivity index (χ1n) is 14.1. The molecule has 4 aromatic carbocycles. The lowest BCUT2D eigenvalue weighted by atomic mass is 10.2. The molecule has 2 heterocycles. The van der Waals surface area contributed by atoms with E-state index in [1.807, 2.05) is 65.2 Å². The first-order valence-corrected chi connectivity index (χ1v) is 17.2. The third kappa shape index (κ3) is 7.83. The van der Waals surface area contributed by atoms with Crippen LogP contribution in [0.4, 0.5) is 11.4 Å². The summed E-state index contributed by atoms with van der Waals surface area (Å²) in [6.45, 7) is 0. The van der Waals surface area contributed by atoms with Gasteiger partial charge in [-0.05, 0) is 66.7 Å². The van der Waals surface area contributed by atoms with Crippen LogP contribution < -0.4 is 10.6 Å². The lowest BCUT2D eigenvalue weighted by Gasteiger charge is -2.11. The summed E-state index contributed by atoms with van der Waals surface area (Å²) in [4.78, 5) is 41.7. The van der Waals surface area contributed by atoms with E-state index in [4.69, 9.17) is 16.3 Å². The van der Waals surface area contributed by atoms with Gasteiger partial charge in [0.2, 0.25) is 11.8 Å². The van der Waals surface area contributed by atoms with Gasteiger partial charge in [0.25, 0.3) is 0 Å². The number of hydrogen-bond donors (Lipinski definition) is 2. The summed E-state index contributed by atoms with van der Waals surface area (Å²) in [5.74, 6) is 0.00471. The van der Waals surface area contributed by atoms with Crippen LogP contribution in [0.2, 0.25) is 5.02 Å². The number of methoxy groups -OCH3 is 1. The fraction of sp³-hybridized carbons (Fsp3) is 0.0909. The van der Waals surface area contributed by atoms with Crippen molar-refractivity contribution in [2.45, 2.75) is 9.50 Å². The van der Waals surface area contributed by atoms with Gasteiger partial charge in [0.05, 0.1) is 39.4 Å². The molecule has 2 N–H and O–H groups in total. The highest BCUT2D eigenvalue weighted by molar-refractivity contribution is 8.01. The molecule has 0 saturated heterocycles. The minimum absolute atomic E-state index is 0.107. The van der Waals surface area contributed by atoms with Gasteiger partial charge < -0.3 is 15.4 Å². The number of carbonyl (C=O) groups excluding carboxylic acids is 3. The number of fused-ring (bicyclic) bond motifs is 1. The van der Waals surface area contributed by atoms with Gasteiger partial charge in [0, 0.05) is 22.6 Å². The molecule has 2 amide bonds. The Morgan fingerprint density at radius 1 is 0.830 bits per heavy atom. The van der Waals surface area contributed by atoms with Gasteiger partial charge in [-0.25, -0.2) is 9.78 Å². The molecule has 0 aliphatic carbocycles. The number of hydrogen-bond acceptors (Lipinski definition) is 10. The minimum Gasteiger partial charge on any atom is -0.465 e. The maximum absolute atomic E-state index is 13.0. The molecule has 236 valence electrons. The van der Waals surface area contributed by atoms with Crippen molar-refractivity contribution < 1.29 is 19.1 Å². The van der Waals surface area contributed by atoms with Gasteiger partial charge in [-0.1, -0.05) is 65.5 Å². The van der Waals surface area contributed by atoms with Crippen LogP contribution in [-0.2, 0) is 14.3 Å². The van der Waals surface area contributed by atoms with Crippen LogP contribution in [0.1, 0.15) is 10.4 Å². The molecule has 14 heteroatoms. The number of para-hydroxylation sites is 1. The fourth-order valence-corrected chi connectivity index (χ4v) is 7.37. The molecule has 6 aromatic rings. The number of rotatable bonds is 11. The van der Waals surface area contributed by atoms with E-state index in [1.165, 1.54) is 42.0 Å². The van der Waals surface area contributed by atoms with Crippen molar-refractivity contribution in [2.24, 2.45) is 0 Å². The number of carbonyl (C=O) groups is 3. The van der Waals surface area contributed by atoms with Crippen LogP contribution in [0.5, 0.6) is 0 Å². The van der Waals surface area contributed by atoms with E-state index in [2.05, 4.69) is 25.8 Å². The maximum atomic E-state index is 13.0. The number of amides is 2. The first kappa shape index (κ1) is 32.3. The number of nitrogens with zero attached hydrogens (tertiary/aromatic N) is 4. The van der Waals surface area contributed by atoms with Gasteiger partial charge in [0.15, 0.2) is 15.3 Å². The molecule has 10 nitrogen and oxygen atoms in total. The lowest BCUT2D eigenvalue weighted by molar-refractivity contribution is -0.114. The lowest BCUT2D eigenvalue weighted by Crippen LogP contribution is -2.14. The van der Waals surface area contributed by atoms with Crippen molar-refractivity contribution >= 4 is 85.8 Å². The van der Waals surface area contributed by atoms with Gasteiger partial charge in [-0.15, -0.1) is 21.5 Å². The minimum atomic E-state index is -0.441. The SMILES string of the molecule is COC(=O)c1ccc(NC(=O)CSc2nc3ccc(NC(=O)CSc4nnc(-c5ccccc5Cl)n4-c4ccccc4)cc3s2)cc1. The Labute approximate surface area is 286 Å². The molecule has 0 aliphatic rings. The van der Waals surface area contributed by atoms with E-state index in [9.17, 15) is 14.4 Å². The molecule has 0 fully saturated rings. The Morgan fingerprint density at radius 2 is 1.51 bits per heavy atom. The summed E-state index contributed by atoms with van der Waals surface area (Å²) in [5.41, 5.74) is 3.98. The maximum Gasteiger partial charge on any atom is 0.337 e. The number of thioether (sulfide) groups is 2. The van der Waals surface area contributed by atoms with E-state index in [1.54, 1.807) is 36.4 Å². The summed E-state index contributed by atoms with van der Waals surface area (Å²) in [6.07, 6.45) is 0. The largest absolute Gasteiger partial charge is 0.465 e. The second-order valence-corrected chi connectivity index (χ2v) is 13.5. The average molecular weight is 701 g/mol. The highest BCUT2D eigenvalue weighted by atomic mass is 35.5. The zero-order valence-corrected chi connectivity index (χ0v) is 27.9. The van der Waals surface area contributed by atoms with Crippen molar-refractivity contribution in [1.29, 1.82) is 0 Å². The number of nitrogens with one attached hydrogen (secondary N) is 2. The number of esters is 1. The highest BCUT2D eigenvalue weighted by Gasteiger charge is 2.19. The first-order chi connectivity index (χ1) is 22.9. The highest BCUT2D eigenvalue weighted by Crippen LogP contribution is 2.33. The molecule has 0 atom stereocenters. The smallest absolute Gasteiger partial charge is 0.337 e. The number of anilines is 2. The number of aromatic nitrogens is 4. The van der Waals surface area contributed by atoms with Crippen LogP contribution in [0.25, 0.3) is 27.3 Å². The molecule has 0 aliphatic heterocycles. The summed E-state index contributed by atoms with van der Waals surface area (Å²) < 4.78 is 8.19. The van der Waals surface area contributed by atoms with Gasteiger partial charge >= 0.3 is 5.97 Å². The number of benzene rings is 4. The standard InChI is InChI=1S/C33H25ClN6O4S3/c1-44-31(43)20-11-13-21(14-12-20)35-29(42)19-46-33-37-26-16-15-22(17-27(26)47-33)36-28(41)18-45-32-39-38-30(24-9-5-6-10-25(24)34)40(32)23-7-3-2-4-8-23/h2-17H,18-19H2,1H3,(H,35,42)(H,36,41). The third-order valence-electron chi connectivity index (χ3n) is 6.66. The Bertz CT molecular complexity index is 2070. The molecule has 0 saturated carbocycles. The van der Waals surface area contributed by atoms with E-state index in [0.29, 0.717) is 32.9 Å². The molecule has 2 aromatic heterocycles. The van der Waals surface area contributed by atoms with Crippen LogP contribution in [0.3, 0.4) is 0 Å². The van der Waals surface area contributed by atoms with E-state index < -0.39 is 5.97 Å². The van der Waals surface area contributed by atoms with Crippen molar-refractivity contribution in [3.63, 3.8) is 0 Å². The van der Waals surface area contributed by atoms with E-state index in [-0.39, 0.29) is 23.3 Å². The monoisotopic (exact) mass is 700 g/mol. The van der Waals surface area contributed by atoms with Crippen molar-refractivity contribution in [2.75, 3.05) is 29.2 Å². The van der Waals surface area contributed by atoms with Crippen LogP contribution in [-0.4, -0.2) is 56.1 Å².